The van der Waals surface area contributed by atoms with Crippen LogP contribution in [-0.4, -0.2) is 61.1 Å². The van der Waals surface area contributed by atoms with Crippen LogP contribution < -0.4 is 0 Å². The molecule has 0 bridgehead atoms. The molecule has 0 spiro atoms. The van der Waals surface area contributed by atoms with Gasteiger partial charge in [0.15, 0.2) is 0 Å². The number of benzene rings is 1. The summed E-state index contributed by atoms with van der Waals surface area (Å²) in [4.78, 5) is 17.4. The second kappa shape index (κ2) is 6.08. The molecule has 124 valence electrons. The van der Waals surface area contributed by atoms with Crippen molar-refractivity contribution < 1.29 is 9.53 Å². The van der Waals surface area contributed by atoms with E-state index >= 15 is 0 Å². The Morgan fingerprint density at radius 1 is 1.35 bits per heavy atom. The largest absolute Gasteiger partial charge is 0.374 e. The Bertz CT molecular complexity index is 608. The molecule has 1 amide bonds. The van der Waals surface area contributed by atoms with Crippen molar-refractivity contribution in [1.29, 1.82) is 0 Å². The number of likely N-dealkylation sites (N-methyl/N-ethyl adjacent to an activating group) is 1. The minimum absolute atomic E-state index is 0.124. The predicted molar refractivity (Wildman–Crippen MR) is 89.7 cm³/mol. The van der Waals surface area contributed by atoms with Gasteiger partial charge in [0.1, 0.15) is 0 Å². The topological polar surface area (TPSA) is 32.8 Å². The lowest BCUT2D eigenvalue weighted by molar-refractivity contribution is -0.153. The van der Waals surface area contributed by atoms with Crippen LogP contribution in [0.3, 0.4) is 0 Å². The molecule has 2 aliphatic heterocycles. The molecule has 2 saturated heterocycles. The van der Waals surface area contributed by atoms with Crippen LogP contribution in [0, 0.1) is 5.92 Å². The Labute approximate surface area is 142 Å². The number of halogens is 1. The van der Waals surface area contributed by atoms with Crippen molar-refractivity contribution in [2.24, 2.45) is 5.92 Å². The first-order valence-corrected chi connectivity index (χ1v) is 8.87. The fourth-order valence-corrected chi connectivity index (χ4v) is 4.29. The highest BCUT2D eigenvalue weighted by Gasteiger charge is 2.49. The average Bonchev–Trinajstić information content (AvgIpc) is 3.34. The predicted octanol–water partition coefficient (Wildman–Crippen LogP) is 2.38. The van der Waals surface area contributed by atoms with Crippen molar-refractivity contribution >= 4 is 17.5 Å². The van der Waals surface area contributed by atoms with Gasteiger partial charge in [0.25, 0.3) is 0 Å². The van der Waals surface area contributed by atoms with E-state index in [4.69, 9.17) is 16.3 Å². The molecule has 0 radical (unpaired) electrons. The number of fused-ring (bicyclic) bond motifs is 1. The molecule has 1 saturated carbocycles. The van der Waals surface area contributed by atoms with E-state index in [-0.39, 0.29) is 18.1 Å². The number of ether oxygens (including phenoxy) is 1. The molecular formula is C18H23ClN2O2. The second-order valence-electron chi connectivity index (χ2n) is 7.06. The molecule has 4 atom stereocenters. The molecule has 0 unspecified atom stereocenters. The van der Waals surface area contributed by atoms with Crippen LogP contribution >= 0.6 is 11.6 Å². The Morgan fingerprint density at radius 2 is 2.22 bits per heavy atom. The SMILES string of the molecule is CN1CC[C@@H]2OCCN(C(=O)[C@@H]3C[C@@H]3c3cccc(Cl)c3)[C@H]2C1. The quantitative estimate of drug-likeness (QED) is 0.832. The third kappa shape index (κ3) is 3.00. The number of hydrogen-bond acceptors (Lipinski definition) is 3. The molecule has 4 nitrogen and oxygen atoms in total. The minimum Gasteiger partial charge on any atom is -0.374 e. The van der Waals surface area contributed by atoms with E-state index in [9.17, 15) is 4.79 Å². The van der Waals surface area contributed by atoms with E-state index in [1.165, 1.54) is 5.56 Å². The monoisotopic (exact) mass is 334 g/mol. The van der Waals surface area contributed by atoms with Crippen LogP contribution in [0.15, 0.2) is 24.3 Å². The molecule has 1 aromatic rings. The zero-order valence-corrected chi connectivity index (χ0v) is 14.2. The number of nitrogens with zero attached hydrogens (tertiary/aromatic N) is 2. The summed E-state index contributed by atoms with van der Waals surface area (Å²) in [6.45, 7) is 3.38. The fraction of sp³-hybridized carbons (Fsp3) is 0.611. The molecule has 0 N–H and O–H groups in total. The summed E-state index contributed by atoms with van der Waals surface area (Å²) in [5.74, 6) is 0.770. The maximum Gasteiger partial charge on any atom is 0.226 e. The van der Waals surface area contributed by atoms with Gasteiger partial charge >= 0.3 is 0 Å². The van der Waals surface area contributed by atoms with Crippen LogP contribution in [0.1, 0.15) is 24.3 Å². The molecule has 23 heavy (non-hydrogen) atoms. The summed E-state index contributed by atoms with van der Waals surface area (Å²) in [5, 5.41) is 0.751. The third-order valence-electron chi connectivity index (χ3n) is 5.46. The molecule has 5 heteroatoms. The molecule has 1 aliphatic carbocycles. The van der Waals surface area contributed by atoms with Gasteiger partial charge < -0.3 is 14.5 Å². The number of piperidine rings is 1. The second-order valence-corrected chi connectivity index (χ2v) is 7.50. The van der Waals surface area contributed by atoms with Gasteiger partial charge in [0, 0.05) is 30.6 Å². The summed E-state index contributed by atoms with van der Waals surface area (Å²) in [5.41, 5.74) is 1.20. The molecule has 2 heterocycles. The Hall–Kier alpha value is -1.10. The molecule has 1 aromatic carbocycles. The van der Waals surface area contributed by atoms with Crippen LogP contribution in [0.25, 0.3) is 0 Å². The van der Waals surface area contributed by atoms with Gasteiger partial charge in [-0.1, -0.05) is 23.7 Å². The maximum atomic E-state index is 13.0. The number of rotatable bonds is 2. The van der Waals surface area contributed by atoms with E-state index < -0.39 is 0 Å². The number of likely N-dealkylation sites (tertiary alicyclic amines) is 1. The fourth-order valence-electron chi connectivity index (χ4n) is 4.09. The van der Waals surface area contributed by atoms with Crippen molar-refractivity contribution in [3.8, 4) is 0 Å². The number of carbonyl (C=O) groups excluding carboxylic acids is 1. The first-order chi connectivity index (χ1) is 11.1. The molecule has 3 fully saturated rings. The summed E-state index contributed by atoms with van der Waals surface area (Å²) < 4.78 is 5.90. The molecule has 0 aromatic heterocycles. The molecule has 4 rings (SSSR count). The van der Waals surface area contributed by atoms with Crippen molar-refractivity contribution in [1.82, 2.24) is 9.80 Å². The van der Waals surface area contributed by atoms with Gasteiger partial charge in [-0.25, -0.2) is 0 Å². The summed E-state index contributed by atoms with van der Waals surface area (Å²) in [7, 11) is 2.12. The van der Waals surface area contributed by atoms with E-state index in [2.05, 4.69) is 22.9 Å². The van der Waals surface area contributed by atoms with E-state index in [1.807, 2.05) is 18.2 Å². The lowest BCUT2D eigenvalue weighted by atomic mass is 9.98. The number of hydrogen-bond donors (Lipinski definition) is 0. The van der Waals surface area contributed by atoms with Gasteiger partial charge in [0.05, 0.1) is 18.8 Å². The molecule has 3 aliphatic rings. The Kier molecular flexibility index (Phi) is 4.08. The Balaban J connectivity index is 1.47. The first-order valence-electron chi connectivity index (χ1n) is 8.49. The van der Waals surface area contributed by atoms with Crippen molar-refractivity contribution in [3.05, 3.63) is 34.9 Å². The van der Waals surface area contributed by atoms with Crippen LogP contribution in [-0.2, 0) is 9.53 Å². The van der Waals surface area contributed by atoms with Crippen molar-refractivity contribution in [2.45, 2.75) is 30.9 Å². The van der Waals surface area contributed by atoms with Gasteiger partial charge in [-0.2, -0.15) is 0 Å². The lowest BCUT2D eigenvalue weighted by Crippen LogP contribution is -2.61. The highest BCUT2D eigenvalue weighted by atomic mass is 35.5. The number of amides is 1. The van der Waals surface area contributed by atoms with Gasteiger partial charge in [-0.05, 0) is 43.5 Å². The van der Waals surface area contributed by atoms with Crippen LogP contribution in [0.2, 0.25) is 5.02 Å². The average molecular weight is 335 g/mol. The normalized spacial score (nSPS) is 34.1. The van der Waals surface area contributed by atoms with E-state index in [0.29, 0.717) is 18.4 Å². The highest BCUT2D eigenvalue weighted by molar-refractivity contribution is 6.30. The van der Waals surface area contributed by atoms with Crippen LogP contribution in [0.5, 0.6) is 0 Å². The van der Waals surface area contributed by atoms with Gasteiger partial charge in [-0.3, -0.25) is 4.79 Å². The van der Waals surface area contributed by atoms with Crippen molar-refractivity contribution in [3.63, 3.8) is 0 Å². The van der Waals surface area contributed by atoms with Gasteiger partial charge in [0.2, 0.25) is 5.91 Å². The number of morpholine rings is 1. The van der Waals surface area contributed by atoms with E-state index in [1.54, 1.807) is 0 Å². The summed E-state index contributed by atoms with van der Waals surface area (Å²) in [6, 6.07) is 8.15. The zero-order chi connectivity index (χ0) is 16.0. The smallest absolute Gasteiger partial charge is 0.226 e. The lowest BCUT2D eigenvalue weighted by Gasteiger charge is -2.46. The first kappa shape index (κ1) is 15.4. The van der Waals surface area contributed by atoms with E-state index in [0.717, 1.165) is 37.5 Å². The highest BCUT2D eigenvalue weighted by Crippen LogP contribution is 2.49. The minimum atomic E-state index is 0.124. The van der Waals surface area contributed by atoms with Crippen LogP contribution in [0.4, 0.5) is 0 Å². The van der Waals surface area contributed by atoms with Gasteiger partial charge in [-0.15, -0.1) is 0 Å². The third-order valence-corrected chi connectivity index (χ3v) is 5.69. The van der Waals surface area contributed by atoms with Crippen molar-refractivity contribution in [2.75, 3.05) is 33.3 Å². The summed E-state index contributed by atoms with van der Waals surface area (Å²) in [6.07, 6.45) is 2.18. The molecular weight excluding hydrogens is 312 g/mol. The summed E-state index contributed by atoms with van der Waals surface area (Å²) >= 11 is 6.08. The zero-order valence-electron chi connectivity index (χ0n) is 13.5. The number of carbonyl (C=O) groups is 1. The Morgan fingerprint density at radius 3 is 3.04 bits per heavy atom. The standard InChI is InChI=1S/C18H23ClN2O2/c1-20-6-5-17-16(11-20)21(7-8-23-17)18(22)15-10-14(15)12-3-2-4-13(19)9-12/h2-4,9,14-17H,5-8,10-11H2,1H3/t14-,15-,16+,17+/m1/s1. The maximum absolute atomic E-state index is 13.0.